The quantitative estimate of drug-likeness (QED) is 0.306. The van der Waals surface area contributed by atoms with Crippen LogP contribution >= 0.6 is 0 Å². The zero-order valence-corrected chi connectivity index (χ0v) is 21.0. The van der Waals surface area contributed by atoms with Crippen molar-refractivity contribution in [1.29, 1.82) is 0 Å². The molecule has 0 aliphatic heterocycles. The maximum Gasteiger partial charge on any atom is 0.204 e. The Bertz CT molecular complexity index is 794. The van der Waals surface area contributed by atoms with Gasteiger partial charge in [-0.15, -0.1) is 0 Å². The summed E-state index contributed by atoms with van der Waals surface area (Å²) in [5, 5.41) is 2.98. The lowest BCUT2D eigenvalue weighted by Crippen LogP contribution is -2.77. The van der Waals surface area contributed by atoms with Crippen LogP contribution in [0.1, 0.15) is 72.6 Å². The molecule has 0 fully saturated rings. The fraction of sp³-hybridized carbons (Fsp3) is 0.448. The molecule has 0 heterocycles. The number of unbranched alkanes of at least 4 members (excludes halogenated alkanes) is 5. The van der Waals surface area contributed by atoms with Crippen LogP contribution in [0, 0.1) is 0 Å². The summed E-state index contributed by atoms with van der Waals surface area (Å²) in [5.74, 6) is 0. The summed E-state index contributed by atoms with van der Waals surface area (Å²) in [4.78, 5) is 4.28. The normalized spacial score (nSPS) is 15.5. The largest absolute Gasteiger partial charge is 0.325 e. The van der Waals surface area contributed by atoms with Gasteiger partial charge in [-0.1, -0.05) is 130 Å². The van der Waals surface area contributed by atoms with Crippen molar-refractivity contribution >= 4 is 18.6 Å². The van der Waals surface area contributed by atoms with E-state index in [9.17, 15) is 0 Å². The Morgan fingerprint density at radius 2 is 1.19 bits per heavy atom. The maximum absolute atomic E-state index is 4.28. The van der Waals surface area contributed by atoms with E-state index in [0.29, 0.717) is 0 Å². The Morgan fingerprint density at radius 1 is 0.710 bits per heavy atom. The lowest BCUT2D eigenvalue weighted by Gasteiger charge is -2.50. The molecule has 1 aliphatic carbocycles. The van der Waals surface area contributed by atoms with E-state index in [1.807, 2.05) is 0 Å². The van der Waals surface area contributed by atoms with E-state index in [1.54, 1.807) is 0 Å². The molecule has 0 amide bonds. The highest BCUT2D eigenvalue weighted by Crippen LogP contribution is 2.47. The third-order valence-electron chi connectivity index (χ3n) is 6.52. The standard InChI is InChI=1S/C29H41NSi/c1-5-6-7-8-9-16-23-29(24-17-18-25-29)31(30-28(2,3)4,26-19-12-10-13-20-26)27-21-14-11-15-22-27/h10-15,17-22,24-25,30H,5-9,16,23H2,1-4H3. The fourth-order valence-electron chi connectivity index (χ4n) is 5.22. The van der Waals surface area contributed by atoms with Crippen LogP contribution in [0.4, 0.5) is 0 Å². The summed E-state index contributed by atoms with van der Waals surface area (Å²) in [5.41, 5.74) is 0.0102. The topological polar surface area (TPSA) is 12.0 Å². The summed E-state index contributed by atoms with van der Waals surface area (Å²) in [6, 6.07) is 22.6. The summed E-state index contributed by atoms with van der Waals surface area (Å²) in [6.07, 6.45) is 18.8. The van der Waals surface area contributed by atoms with Gasteiger partial charge in [0.1, 0.15) is 0 Å². The first-order valence-corrected chi connectivity index (χ1v) is 14.2. The van der Waals surface area contributed by atoms with Gasteiger partial charge in [-0.2, -0.15) is 0 Å². The van der Waals surface area contributed by atoms with E-state index in [4.69, 9.17) is 0 Å². The highest BCUT2D eigenvalue weighted by atomic mass is 28.3. The third-order valence-corrected chi connectivity index (χ3v) is 12.0. The van der Waals surface area contributed by atoms with E-state index in [1.165, 1.54) is 55.3 Å². The van der Waals surface area contributed by atoms with Gasteiger partial charge < -0.3 is 4.98 Å². The second-order valence-corrected chi connectivity index (χ2v) is 14.0. The average Bonchev–Trinajstić information content (AvgIpc) is 3.25. The Kier molecular flexibility index (Phi) is 8.13. The smallest absolute Gasteiger partial charge is 0.204 e. The van der Waals surface area contributed by atoms with Crippen molar-refractivity contribution < 1.29 is 0 Å². The van der Waals surface area contributed by atoms with Crippen LogP contribution in [-0.2, 0) is 0 Å². The molecule has 0 bridgehead atoms. The SMILES string of the molecule is CCCCCCCCC1([Si](NC(C)(C)C)(c2ccccc2)c2ccccc2)C=CC=C1. The molecule has 2 aromatic carbocycles. The van der Waals surface area contributed by atoms with Crippen molar-refractivity contribution in [3.63, 3.8) is 0 Å². The zero-order chi connectivity index (χ0) is 22.2. The summed E-state index contributed by atoms with van der Waals surface area (Å²) in [6.45, 7) is 9.26. The van der Waals surface area contributed by atoms with E-state index in [0.717, 1.165) is 0 Å². The second-order valence-electron chi connectivity index (χ2n) is 10.1. The Morgan fingerprint density at radius 3 is 1.68 bits per heavy atom. The molecule has 2 heteroatoms. The predicted octanol–water partition coefficient (Wildman–Crippen LogP) is 6.75. The van der Waals surface area contributed by atoms with Gasteiger partial charge in [0.2, 0.25) is 8.24 Å². The molecule has 31 heavy (non-hydrogen) atoms. The first-order chi connectivity index (χ1) is 14.9. The van der Waals surface area contributed by atoms with Gasteiger partial charge in [0, 0.05) is 10.6 Å². The van der Waals surface area contributed by atoms with E-state index >= 15 is 0 Å². The van der Waals surface area contributed by atoms with Gasteiger partial charge in [0.25, 0.3) is 0 Å². The molecule has 0 atom stereocenters. The van der Waals surface area contributed by atoms with Crippen molar-refractivity contribution in [3.05, 3.63) is 85.0 Å². The van der Waals surface area contributed by atoms with Crippen molar-refractivity contribution in [1.82, 2.24) is 4.98 Å². The Balaban J connectivity index is 2.09. The number of benzene rings is 2. The minimum atomic E-state index is -2.40. The molecule has 0 aromatic heterocycles. The lowest BCUT2D eigenvalue weighted by atomic mass is 10.0. The van der Waals surface area contributed by atoms with Crippen LogP contribution in [0.5, 0.6) is 0 Å². The van der Waals surface area contributed by atoms with Crippen LogP contribution in [0.2, 0.25) is 5.04 Å². The molecule has 0 saturated heterocycles. The van der Waals surface area contributed by atoms with Gasteiger partial charge in [0.05, 0.1) is 0 Å². The highest BCUT2D eigenvalue weighted by molar-refractivity contribution is 7.03. The molecule has 1 N–H and O–H groups in total. The molecule has 1 aliphatic rings. The first kappa shape index (κ1) is 23.8. The molecule has 0 radical (unpaired) electrons. The number of rotatable bonds is 11. The molecule has 0 unspecified atom stereocenters. The van der Waals surface area contributed by atoms with Crippen LogP contribution in [0.15, 0.2) is 85.0 Å². The zero-order valence-electron chi connectivity index (χ0n) is 20.0. The van der Waals surface area contributed by atoms with Gasteiger partial charge >= 0.3 is 0 Å². The predicted molar refractivity (Wildman–Crippen MR) is 140 cm³/mol. The van der Waals surface area contributed by atoms with Crippen molar-refractivity contribution in [2.45, 2.75) is 83.2 Å². The second kappa shape index (κ2) is 10.6. The van der Waals surface area contributed by atoms with E-state index in [2.05, 4.69) is 118 Å². The number of hydrogen-bond donors (Lipinski definition) is 1. The molecule has 0 saturated carbocycles. The molecule has 3 rings (SSSR count). The molecule has 0 spiro atoms. The minimum Gasteiger partial charge on any atom is -0.325 e. The molecular weight excluding hydrogens is 390 g/mol. The summed E-state index contributed by atoms with van der Waals surface area (Å²) < 4.78 is 0. The van der Waals surface area contributed by atoms with Gasteiger partial charge in [-0.3, -0.25) is 0 Å². The minimum absolute atomic E-state index is 0.0102. The summed E-state index contributed by atoms with van der Waals surface area (Å²) >= 11 is 0. The van der Waals surface area contributed by atoms with Crippen LogP contribution in [0.3, 0.4) is 0 Å². The molecular formula is C29H41NSi. The fourth-order valence-corrected chi connectivity index (χ4v) is 10.9. The monoisotopic (exact) mass is 431 g/mol. The average molecular weight is 432 g/mol. The van der Waals surface area contributed by atoms with Crippen LogP contribution in [0.25, 0.3) is 0 Å². The van der Waals surface area contributed by atoms with Crippen LogP contribution in [-0.4, -0.2) is 13.8 Å². The lowest BCUT2D eigenvalue weighted by molar-refractivity contribution is 0.497. The van der Waals surface area contributed by atoms with Crippen molar-refractivity contribution in [3.8, 4) is 0 Å². The number of nitrogens with one attached hydrogen (secondary N) is 1. The highest BCUT2D eigenvalue weighted by Gasteiger charge is 2.55. The molecule has 1 nitrogen and oxygen atoms in total. The van der Waals surface area contributed by atoms with Gasteiger partial charge in [0.15, 0.2) is 0 Å². The van der Waals surface area contributed by atoms with Crippen molar-refractivity contribution in [2.24, 2.45) is 0 Å². The number of allylic oxidation sites excluding steroid dienone is 4. The number of hydrogen-bond acceptors (Lipinski definition) is 1. The first-order valence-electron chi connectivity index (χ1n) is 12.2. The Hall–Kier alpha value is -1.90. The third kappa shape index (κ3) is 5.48. The maximum atomic E-state index is 4.28. The van der Waals surface area contributed by atoms with Gasteiger partial charge in [-0.05, 0) is 37.6 Å². The Labute approximate surface area is 191 Å². The van der Waals surface area contributed by atoms with Gasteiger partial charge in [-0.25, -0.2) is 0 Å². The van der Waals surface area contributed by atoms with E-state index in [-0.39, 0.29) is 10.6 Å². The van der Waals surface area contributed by atoms with Crippen LogP contribution < -0.4 is 15.4 Å². The molecule has 2 aromatic rings. The molecule has 166 valence electrons. The summed E-state index contributed by atoms with van der Waals surface area (Å²) in [7, 11) is -2.40. The van der Waals surface area contributed by atoms with Crippen molar-refractivity contribution in [2.75, 3.05) is 0 Å². The van der Waals surface area contributed by atoms with E-state index < -0.39 is 8.24 Å².